The number of nitrogens with two attached hydrogens (primary N) is 1. The number of rotatable bonds is 20. The summed E-state index contributed by atoms with van der Waals surface area (Å²) >= 11 is 0. The van der Waals surface area contributed by atoms with Crippen molar-refractivity contribution in [2.75, 3.05) is 26.8 Å². The molecule has 106 heavy (non-hydrogen) atoms. The van der Waals surface area contributed by atoms with Crippen molar-refractivity contribution in [2.45, 2.75) is 149 Å². The van der Waals surface area contributed by atoms with Gasteiger partial charge in [-0.05, 0) is 171 Å². The Balaban J connectivity index is 0.000000238. The van der Waals surface area contributed by atoms with E-state index < -0.39 is 86.1 Å². The first kappa shape index (κ1) is 87.0. The standard InChI is InChI=1S/C25H24F3NO3.C15H20FNO.C11H8F2O3.C11H13NO.C11H10O2.C5H8F4O3S.CH4/c1-14-10-17-16-6-4-5-7-20(16)32-24(17)23(29(14)13-25(2,3)28)22-18(26)11-15(12-19(22)27)8-9-21(30)31;1-11(17-10-15(2,3)16)8-12-9-18-14-7-5-4-6-13(12)14;1-16-11(15)3-2-7-4-9(12)8(6-14)10(13)5-7;2*1-8(12)6-9-7-13-11-5-3-2-4-10(9)11;1-4(2,6)3-12-13(10,11)5(7,8)9;/h4-9,11-12,14,23H,10,13H2,1-3H3,(H,30,31);4-7,9,11,17H,8,10H2,1-3H3;2-6H,1H3;2-5,7-8H,6,12H2,1H3;2-5,7H,6H2,1H3;3H2,1-2H3;1H4/b9-8+;;3-2+;;;;. The van der Waals surface area contributed by atoms with Crippen LogP contribution in [0.25, 0.3) is 56.0 Å². The van der Waals surface area contributed by atoms with Crippen molar-refractivity contribution in [3.8, 4) is 0 Å². The van der Waals surface area contributed by atoms with Crippen LogP contribution in [0.3, 0.4) is 0 Å². The van der Waals surface area contributed by atoms with E-state index in [0.29, 0.717) is 30.7 Å². The zero-order valence-corrected chi connectivity index (χ0v) is 60.3. The van der Waals surface area contributed by atoms with E-state index >= 15 is 8.78 Å². The van der Waals surface area contributed by atoms with Crippen molar-refractivity contribution in [3.05, 3.63) is 226 Å². The molecule has 0 fully saturated rings. The molecular formula is C79H87F10N3O13S. The molecule has 0 saturated carbocycles. The Kier molecular flexibility index (Phi) is 31.2. The minimum Gasteiger partial charge on any atom is -0.478 e. The van der Waals surface area contributed by atoms with Crippen molar-refractivity contribution < 1.29 is 103 Å². The molecule has 5 heterocycles. The largest absolute Gasteiger partial charge is 0.523 e. The van der Waals surface area contributed by atoms with Crippen molar-refractivity contribution in [2.24, 2.45) is 5.73 Å². The first-order valence-electron chi connectivity index (χ1n) is 32.8. The van der Waals surface area contributed by atoms with Crippen molar-refractivity contribution in [3.63, 3.8) is 0 Å². The number of carboxylic acid groups (broad SMARTS) is 1. The maximum absolute atomic E-state index is 15.3. The van der Waals surface area contributed by atoms with Crippen LogP contribution in [0.15, 0.2) is 170 Å². The van der Waals surface area contributed by atoms with Gasteiger partial charge in [-0.25, -0.2) is 40.3 Å². The van der Waals surface area contributed by atoms with Gasteiger partial charge in [-0.2, -0.15) is 21.6 Å². The number of hydrogen-bond donors (Lipinski definition) is 3. The Morgan fingerprint density at radius 2 is 1.10 bits per heavy atom. The molecule has 1 aliphatic rings. The van der Waals surface area contributed by atoms with Gasteiger partial charge in [-0.3, -0.25) is 18.7 Å². The first-order chi connectivity index (χ1) is 49.1. The molecule has 4 atom stereocenters. The summed E-state index contributed by atoms with van der Waals surface area (Å²) in [4.78, 5) is 44.4. The highest BCUT2D eigenvalue weighted by atomic mass is 32.2. The normalized spacial score (nSPS) is 14.6. The zero-order chi connectivity index (χ0) is 77.9. The quantitative estimate of drug-likeness (QED) is 0.0161. The molecule has 11 rings (SSSR count). The van der Waals surface area contributed by atoms with Crippen LogP contribution >= 0.6 is 0 Å². The van der Waals surface area contributed by atoms with Crippen molar-refractivity contribution in [1.82, 2.24) is 10.2 Å². The van der Waals surface area contributed by atoms with E-state index in [2.05, 4.69) is 33.3 Å². The summed E-state index contributed by atoms with van der Waals surface area (Å²) < 4.78 is 183. The van der Waals surface area contributed by atoms with Crippen LogP contribution in [0, 0.1) is 23.3 Å². The molecule has 4 unspecified atom stereocenters. The number of halogens is 10. The molecular weight excluding hydrogens is 1420 g/mol. The first-order valence-corrected chi connectivity index (χ1v) is 34.2. The van der Waals surface area contributed by atoms with E-state index in [0.717, 1.165) is 113 Å². The monoisotopic (exact) mass is 1510 g/mol. The molecule has 0 spiro atoms. The van der Waals surface area contributed by atoms with E-state index in [-0.39, 0.29) is 60.9 Å². The van der Waals surface area contributed by atoms with Gasteiger partial charge in [-0.15, -0.1) is 0 Å². The van der Waals surface area contributed by atoms with Crippen LogP contribution in [0.4, 0.5) is 43.9 Å². The van der Waals surface area contributed by atoms with Gasteiger partial charge < -0.3 is 38.6 Å². The van der Waals surface area contributed by atoms with Crippen molar-refractivity contribution >= 4 is 90.2 Å². The number of nitrogens with one attached hydrogen (secondary N) is 1. The zero-order valence-electron chi connectivity index (χ0n) is 59.5. The molecule has 4 aromatic heterocycles. The second-order valence-corrected chi connectivity index (χ2v) is 28.3. The Morgan fingerprint density at radius 1 is 0.660 bits per heavy atom. The lowest BCUT2D eigenvalue weighted by atomic mass is 9.87. The fraction of sp³-hybridized carbons (Fsp3) is 0.342. The van der Waals surface area contributed by atoms with E-state index in [1.54, 1.807) is 50.5 Å². The Labute approximate surface area is 608 Å². The summed E-state index contributed by atoms with van der Waals surface area (Å²) in [6, 6.07) is 34.5. The molecule has 0 amide bonds. The molecule has 27 heteroatoms. The van der Waals surface area contributed by atoms with Crippen LogP contribution in [0.1, 0.15) is 138 Å². The average Bonchev–Trinajstić information content (AvgIpc) is 1.51. The van der Waals surface area contributed by atoms with Gasteiger partial charge in [0.15, 0.2) is 6.29 Å². The molecule has 16 nitrogen and oxygen atoms in total. The van der Waals surface area contributed by atoms with Gasteiger partial charge >= 0.3 is 27.6 Å². The molecule has 4 N–H and O–H groups in total. The third kappa shape index (κ3) is 25.8. The van der Waals surface area contributed by atoms with Gasteiger partial charge in [0.05, 0.1) is 31.5 Å². The number of carbonyl (C=O) groups is 4. The van der Waals surface area contributed by atoms with Crippen LogP contribution < -0.4 is 11.1 Å². The number of hydrogen-bond acceptors (Lipinski definition) is 15. The summed E-state index contributed by atoms with van der Waals surface area (Å²) in [5.74, 6) is -4.94. The maximum atomic E-state index is 15.3. The number of carbonyl (C=O) groups excluding carboxylic acids is 3. The van der Waals surface area contributed by atoms with Gasteiger partial charge in [0, 0.05) is 88.0 Å². The van der Waals surface area contributed by atoms with Crippen LogP contribution in [0.5, 0.6) is 0 Å². The maximum Gasteiger partial charge on any atom is 0.523 e. The highest BCUT2D eigenvalue weighted by molar-refractivity contribution is 7.87. The third-order valence-electron chi connectivity index (χ3n) is 15.5. The fourth-order valence-electron chi connectivity index (χ4n) is 10.8. The molecule has 10 aromatic rings. The Hall–Kier alpha value is -9.67. The highest BCUT2D eigenvalue weighted by Crippen LogP contribution is 2.45. The number of alkyl halides is 6. The summed E-state index contributed by atoms with van der Waals surface area (Å²) in [5, 5.41) is 16.2. The van der Waals surface area contributed by atoms with Gasteiger partial charge in [-0.1, -0.05) is 80.2 Å². The number of fused-ring (bicyclic) bond motifs is 6. The number of furan rings is 4. The number of ketones is 1. The number of benzene rings is 6. The number of esters is 1. The second kappa shape index (κ2) is 38.0. The SMILES string of the molecule is C.CC(=O)Cc1coc2ccccc12.CC(C)(F)COS(=O)(=O)C(F)(F)F.CC(Cc1coc2ccccc12)NCC(C)(C)F.CC(N)Cc1coc2ccccc12.CC1Cc2c(oc3ccccc23)C(c2c(F)cc(/C=C/C(=O)O)cc2F)N1CC(C)(C)F.COC(=O)/C=C/c1cc(F)c(C=O)c(F)c1. The lowest BCUT2D eigenvalue weighted by Crippen LogP contribution is -2.48. The molecule has 0 saturated heterocycles. The second-order valence-electron chi connectivity index (χ2n) is 26.6. The van der Waals surface area contributed by atoms with Crippen LogP contribution in [-0.4, -0.2) is 110 Å². The average molecular weight is 1510 g/mol. The van der Waals surface area contributed by atoms with E-state index in [1.807, 2.05) is 92.7 Å². The molecule has 0 radical (unpaired) electrons. The number of Topliss-reactive ketones (excluding diaryl/α,β-unsaturated/α-hetero) is 1. The molecule has 1 aliphatic heterocycles. The van der Waals surface area contributed by atoms with Crippen LogP contribution in [0.2, 0.25) is 0 Å². The number of carboxylic acids is 1. The van der Waals surface area contributed by atoms with Gasteiger partial charge in [0.25, 0.3) is 0 Å². The third-order valence-corrected chi connectivity index (χ3v) is 16.5. The summed E-state index contributed by atoms with van der Waals surface area (Å²) in [5.41, 5.74) is 2.18. The minimum atomic E-state index is -5.67. The summed E-state index contributed by atoms with van der Waals surface area (Å²) in [7, 11) is -4.49. The molecule has 6 aromatic carbocycles. The predicted molar refractivity (Wildman–Crippen MR) is 389 cm³/mol. The van der Waals surface area contributed by atoms with E-state index in [9.17, 15) is 62.7 Å². The Morgan fingerprint density at radius 3 is 1.54 bits per heavy atom. The smallest absolute Gasteiger partial charge is 0.478 e. The highest BCUT2D eigenvalue weighted by Gasteiger charge is 2.48. The number of ether oxygens (including phenoxy) is 1. The Bertz CT molecular complexity index is 4720. The van der Waals surface area contributed by atoms with Gasteiger partial charge in [0.1, 0.15) is 86.8 Å². The topological polar surface area (TPSA) is 235 Å². The molecule has 572 valence electrons. The number of aldehydes is 1. The number of methoxy groups -OCH3 is 1. The van der Waals surface area contributed by atoms with E-state index in [1.165, 1.54) is 43.5 Å². The predicted octanol–water partition coefficient (Wildman–Crippen LogP) is 18.7. The fourth-order valence-corrected chi connectivity index (χ4v) is 11.4. The van der Waals surface area contributed by atoms with E-state index in [4.69, 9.17) is 28.5 Å². The lowest BCUT2D eigenvalue weighted by Gasteiger charge is -2.42. The number of nitrogens with zero attached hydrogens (tertiary/aromatic N) is 1. The molecule has 0 bridgehead atoms. The minimum absolute atomic E-state index is 0. The molecule has 0 aliphatic carbocycles. The summed E-state index contributed by atoms with van der Waals surface area (Å²) in [6.45, 7) is 14.5. The van der Waals surface area contributed by atoms with Gasteiger partial charge in [0.2, 0.25) is 0 Å². The number of para-hydroxylation sites is 4. The number of aliphatic carboxylic acids is 1. The van der Waals surface area contributed by atoms with Crippen LogP contribution in [-0.2, 0) is 59.1 Å². The van der Waals surface area contributed by atoms with Crippen molar-refractivity contribution in [1.29, 1.82) is 0 Å². The summed E-state index contributed by atoms with van der Waals surface area (Å²) in [6.07, 6.45) is 12.2. The lowest BCUT2D eigenvalue weighted by molar-refractivity contribution is -0.135.